The zero-order valence-electron chi connectivity index (χ0n) is 15.2. The van der Waals surface area contributed by atoms with Gasteiger partial charge in [-0.2, -0.15) is 0 Å². The van der Waals surface area contributed by atoms with Crippen molar-refractivity contribution in [1.29, 1.82) is 0 Å². The van der Waals surface area contributed by atoms with E-state index in [0.717, 1.165) is 12.8 Å². The number of aromatic nitrogens is 1. The number of Topliss-reactive ketones (excluding diaryl/α,β-unsaturated/α-hetero) is 1. The highest BCUT2D eigenvalue weighted by molar-refractivity contribution is 5.94. The molecule has 1 fully saturated rings. The molecule has 138 valence electrons. The van der Waals surface area contributed by atoms with Crippen molar-refractivity contribution in [3.05, 3.63) is 23.9 Å². The van der Waals surface area contributed by atoms with Crippen LogP contribution in [0.2, 0.25) is 0 Å². The fourth-order valence-electron chi connectivity index (χ4n) is 3.10. The van der Waals surface area contributed by atoms with Crippen molar-refractivity contribution >= 4 is 17.5 Å². The molecule has 0 radical (unpaired) electrons. The summed E-state index contributed by atoms with van der Waals surface area (Å²) in [7, 11) is 0. The predicted molar refractivity (Wildman–Crippen MR) is 97.5 cm³/mol. The first-order valence-corrected chi connectivity index (χ1v) is 9.14. The molecular weight excluding hydrogens is 318 g/mol. The molecule has 6 nitrogen and oxygen atoms in total. The number of hydrogen-bond donors (Lipinski definition) is 2. The molecular formula is C19H29N3O3. The smallest absolute Gasteiger partial charge is 0.255 e. The first-order chi connectivity index (χ1) is 12.0. The van der Waals surface area contributed by atoms with E-state index in [4.69, 9.17) is 5.11 Å². The predicted octanol–water partition coefficient (Wildman–Crippen LogP) is 2.34. The molecule has 0 bridgehead atoms. The summed E-state index contributed by atoms with van der Waals surface area (Å²) in [5.74, 6) is 1.22. The molecule has 0 aromatic carbocycles. The number of carbonyl (C=O) groups is 2. The second kappa shape index (κ2) is 9.51. The minimum Gasteiger partial charge on any atom is -0.396 e. The Kier molecular flexibility index (Phi) is 7.37. The number of hydrogen-bond acceptors (Lipinski definition) is 5. The maximum absolute atomic E-state index is 12.7. The first-order valence-electron chi connectivity index (χ1n) is 9.14. The Hall–Kier alpha value is -1.95. The minimum atomic E-state index is -0.0588. The average molecular weight is 347 g/mol. The third-order valence-corrected chi connectivity index (χ3v) is 4.42. The molecule has 1 saturated heterocycles. The molecule has 2 rings (SSSR count). The van der Waals surface area contributed by atoms with E-state index in [0.29, 0.717) is 49.8 Å². The Labute approximate surface area is 149 Å². The number of rotatable bonds is 8. The number of aliphatic hydroxyl groups is 1. The Morgan fingerprint density at radius 2 is 2.20 bits per heavy atom. The van der Waals surface area contributed by atoms with Gasteiger partial charge in [0.1, 0.15) is 11.6 Å². The van der Waals surface area contributed by atoms with E-state index in [1.54, 1.807) is 23.2 Å². The van der Waals surface area contributed by atoms with Crippen LogP contribution in [0.3, 0.4) is 0 Å². The zero-order valence-corrected chi connectivity index (χ0v) is 15.2. The first kappa shape index (κ1) is 19.4. The zero-order chi connectivity index (χ0) is 18.2. The number of aliphatic hydroxyl groups excluding tert-OH is 1. The highest BCUT2D eigenvalue weighted by atomic mass is 16.3. The Bertz CT molecular complexity index is 572. The molecule has 0 saturated carbocycles. The number of ketones is 1. The number of nitrogens with zero attached hydrogens (tertiary/aromatic N) is 2. The number of piperidine rings is 1. The van der Waals surface area contributed by atoms with Gasteiger partial charge in [0.15, 0.2) is 0 Å². The van der Waals surface area contributed by atoms with Gasteiger partial charge in [0.05, 0.1) is 5.56 Å². The molecule has 0 spiro atoms. The molecule has 25 heavy (non-hydrogen) atoms. The molecule has 1 amide bonds. The monoisotopic (exact) mass is 347 g/mol. The van der Waals surface area contributed by atoms with Gasteiger partial charge in [-0.05, 0) is 37.3 Å². The molecule has 0 unspecified atom stereocenters. The van der Waals surface area contributed by atoms with Crippen LogP contribution in [-0.2, 0) is 4.79 Å². The van der Waals surface area contributed by atoms with Gasteiger partial charge in [0, 0.05) is 44.8 Å². The molecule has 2 heterocycles. The van der Waals surface area contributed by atoms with E-state index >= 15 is 0 Å². The van der Waals surface area contributed by atoms with Gasteiger partial charge < -0.3 is 15.3 Å². The van der Waals surface area contributed by atoms with Crippen LogP contribution < -0.4 is 5.32 Å². The van der Waals surface area contributed by atoms with Crippen molar-refractivity contribution in [1.82, 2.24) is 9.88 Å². The Balaban J connectivity index is 1.93. The lowest BCUT2D eigenvalue weighted by atomic mass is 9.89. The molecule has 1 aliphatic rings. The fourth-order valence-corrected chi connectivity index (χ4v) is 3.10. The van der Waals surface area contributed by atoms with E-state index in [1.807, 2.05) is 13.8 Å². The summed E-state index contributed by atoms with van der Waals surface area (Å²) in [6.45, 7) is 6.08. The number of pyridine rings is 1. The summed E-state index contributed by atoms with van der Waals surface area (Å²) in [4.78, 5) is 31.0. The van der Waals surface area contributed by atoms with Gasteiger partial charge in [-0.1, -0.05) is 13.8 Å². The van der Waals surface area contributed by atoms with Gasteiger partial charge in [0.2, 0.25) is 0 Å². The molecule has 0 aliphatic carbocycles. The van der Waals surface area contributed by atoms with Crippen LogP contribution in [-0.4, -0.2) is 52.9 Å². The quantitative estimate of drug-likeness (QED) is 0.705. The van der Waals surface area contributed by atoms with Crippen LogP contribution in [0.4, 0.5) is 5.82 Å². The van der Waals surface area contributed by atoms with Gasteiger partial charge in [-0.15, -0.1) is 0 Å². The minimum absolute atomic E-state index is 0.0347. The normalized spacial score (nSPS) is 17.6. The Morgan fingerprint density at radius 1 is 1.40 bits per heavy atom. The summed E-state index contributed by atoms with van der Waals surface area (Å²) >= 11 is 0. The molecule has 1 aromatic heterocycles. The fraction of sp³-hybridized carbons (Fsp3) is 0.632. The van der Waals surface area contributed by atoms with E-state index in [9.17, 15) is 9.59 Å². The Morgan fingerprint density at radius 3 is 2.84 bits per heavy atom. The van der Waals surface area contributed by atoms with Gasteiger partial charge in [-0.25, -0.2) is 4.98 Å². The van der Waals surface area contributed by atoms with Crippen molar-refractivity contribution in [2.45, 2.75) is 39.5 Å². The van der Waals surface area contributed by atoms with E-state index < -0.39 is 0 Å². The van der Waals surface area contributed by atoms with Crippen molar-refractivity contribution in [2.75, 3.05) is 31.6 Å². The lowest BCUT2D eigenvalue weighted by Crippen LogP contribution is -2.42. The summed E-state index contributed by atoms with van der Waals surface area (Å²) in [6, 6.07) is 3.53. The van der Waals surface area contributed by atoms with Crippen molar-refractivity contribution in [3.63, 3.8) is 0 Å². The van der Waals surface area contributed by atoms with Crippen molar-refractivity contribution < 1.29 is 14.7 Å². The third-order valence-electron chi connectivity index (χ3n) is 4.42. The van der Waals surface area contributed by atoms with Crippen molar-refractivity contribution in [3.8, 4) is 0 Å². The lowest BCUT2D eigenvalue weighted by molar-refractivity contribution is -0.124. The highest BCUT2D eigenvalue weighted by Gasteiger charge is 2.29. The number of amides is 1. The molecule has 6 heteroatoms. The molecule has 1 aliphatic heterocycles. The number of nitrogens with one attached hydrogen (secondary N) is 1. The average Bonchev–Trinajstić information content (AvgIpc) is 2.61. The number of likely N-dealkylation sites (tertiary alicyclic amines) is 1. The lowest BCUT2D eigenvalue weighted by Gasteiger charge is -2.32. The van der Waals surface area contributed by atoms with Crippen LogP contribution in [0.15, 0.2) is 18.3 Å². The van der Waals surface area contributed by atoms with E-state index in [2.05, 4.69) is 10.3 Å². The maximum atomic E-state index is 12.7. The van der Waals surface area contributed by atoms with Crippen LogP contribution in [0.1, 0.15) is 49.9 Å². The maximum Gasteiger partial charge on any atom is 0.255 e. The van der Waals surface area contributed by atoms with Gasteiger partial charge in [-0.3, -0.25) is 9.59 Å². The highest BCUT2D eigenvalue weighted by Crippen LogP contribution is 2.22. The number of carbonyl (C=O) groups excluding carboxylic acids is 2. The summed E-state index contributed by atoms with van der Waals surface area (Å²) in [6.07, 6.45) is 4.56. The summed E-state index contributed by atoms with van der Waals surface area (Å²) in [5, 5.41) is 11.9. The van der Waals surface area contributed by atoms with E-state index in [-0.39, 0.29) is 24.2 Å². The van der Waals surface area contributed by atoms with Crippen LogP contribution in [0.5, 0.6) is 0 Å². The van der Waals surface area contributed by atoms with Crippen LogP contribution in [0.25, 0.3) is 0 Å². The van der Waals surface area contributed by atoms with Gasteiger partial charge >= 0.3 is 0 Å². The topological polar surface area (TPSA) is 82.5 Å². The summed E-state index contributed by atoms with van der Waals surface area (Å²) in [5.41, 5.74) is 0.546. The van der Waals surface area contributed by atoms with Crippen LogP contribution in [0, 0.1) is 11.8 Å². The summed E-state index contributed by atoms with van der Waals surface area (Å²) < 4.78 is 0. The van der Waals surface area contributed by atoms with E-state index in [1.165, 1.54) is 0 Å². The second-order valence-electron chi connectivity index (χ2n) is 7.09. The molecule has 1 aromatic rings. The second-order valence-corrected chi connectivity index (χ2v) is 7.09. The number of anilines is 1. The SMILES string of the molecule is CC(C)CC(=O)[C@H]1CCCN(C(=O)c2ccc(NCCCO)nc2)C1. The molecule has 2 N–H and O–H groups in total. The van der Waals surface area contributed by atoms with Gasteiger partial charge in [0.25, 0.3) is 5.91 Å². The largest absolute Gasteiger partial charge is 0.396 e. The molecule has 1 atom stereocenters. The van der Waals surface area contributed by atoms with Crippen molar-refractivity contribution in [2.24, 2.45) is 11.8 Å². The van der Waals surface area contributed by atoms with Crippen LogP contribution >= 0.6 is 0 Å². The standard InChI is InChI=1S/C19H29N3O3/c1-14(2)11-17(24)16-5-3-9-22(13-16)19(25)15-6-7-18(21-12-15)20-8-4-10-23/h6-7,12,14,16,23H,3-5,8-11,13H2,1-2H3,(H,20,21)/t16-/m0/s1. The third kappa shape index (κ3) is 5.81.